The van der Waals surface area contributed by atoms with Crippen molar-refractivity contribution >= 4 is 32.2 Å². The topological polar surface area (TPSA) is 97.6 Å². The zero-order valence-corrected chi connectivity index (χ0v) is 23.9. The number of furan rings is 1. The van der Waals surface area contributed by atoms with Crippen molar-refractivity contribution < 1.29 is 22.0 Å². The van der Waals surface area contributed by atoms with Gasteiger partial charge in [-0.05, 0) is 78.7 Å². The molecule has 0 amide bonds. The first-order valence-electron chi connectivity index (χ1n) is 13.1. The van der Waals surface area contributed by atoms with Gasteiger partial charge in [0.15, 0.2) is 0 Å². The molecule has 10 heteroatoms. The number of benzene rings is 3. The molecule has 0 bridgehead atoms. The van der Waals surface area contributed by atoms with Gasteiger partial charge in [0.2, 0.25) is 0 Å². The smallest absolute Gasteiger partial charge is 0.148 e. The quantitative estimate of drug-likeness (QED) is 0.197. The number of halogens is 1. The fourth-order valence-electron chi connectivity index (χ4n) is 4.48. The molecule has 0 saturated heterocycles. The van der Waals surface area contributed by atoms with Crippen molar-refractivity contribution in [3.05, 3.63) is 102 Å². The first-order chi connectivity index (χ1) is 19.7. The highest BCUT2D eigenvalue weighted by Crippen LogP contribution is 2.34. The second-order valence-corrected chi connectivity index (χ2v) is 12.2. The zero-order valence-electron chi connectivity index (χ0n) is 23.1. The molecular weight excluding hydrogens is 543 g/mol. The number of ether oxygens (including phenoxy) is 1. The van der Waals surface area contributed by atoms with Gasteiger partial charge in [0.25, 0.3) is 0 Å². The van der Waals surface area contributed by atoms with Crippen LogP contribution >= 0.6 is 0 Å². The van der Waals surface area contributed by atoms with E-state index in [0.29, 0.717) is 24.6 Å². The van der Waals surface area contributed by atoms with E-state index < -0.39 is 9.84 Å². The monoisotopic (exact) mass is 574 g/mol. The Bertz CT molecular complexity index is 1790. The van der Waals surface area contributed by atoms with E-state index in [-0.39, 0.29) is 18.2 Å². The minimum atomic E-state index is -3.01. The summed E-state index contributed by atoms with van der Waals surface area (Å²) in [6, 6.07) is 21.9. The maximum atomic E-state index is 13.5. The maximum Gasteiger partial charge on any atom is 0.148 e. The molecule has 0 fully saturated rings. The molecule has 0 aliphatic carbocycles. The number of aromatic nitrogens is 2. The van der Waals surface area contributed by atoms with Crippen molar-refractivity contribution in [3.63, 3.8) is 0 Å². The number of hydrogen-bond acceptors (Lipinski definition) is 8. The second kappa shape index (κ2) is 12.1. The summed E-state index contributed by atoms with van der Waals surface area (Å²) in [7, 11) is -1.07. The Labute approximate surface area is 238 Å². The van der Waals surface area contributed by atoms with Crippen molar-refractivity contribution in [2.75, 3.05) is 30.5 Å². The lowest BCUT2D eigenvalue weighted by Gasteiger charge is -2.21. The minimum Gasteiger partial charge on any atom is -0.489 e. The molecule has 0 spiro atoms. The molecule has 0 unspecified atom stereocenters. The van der Waals surface area contributed by atoms with Gasteiger partial charge in [-0.1, -0.05) is 12.1 Å². The standard InChI is InChI=1S/C31H31FN4O4S/c1-21-15-25(8-11-29(21)39-19-22-5-4-6-24(32)16-22)36(2)31-27-17-23(7-10-28(27)34-20-35-31)30-12-9-26(40-30)18-33-13-14-41(3,37)38/h4-12,15-17,20,33H,13-14,18-19H2,1-3H3. The van der Waals surface area contributed by atoms with Crippen LogP contribution in [0, 0.1) is 12.7 Å². The lowest BCUT2D eigenvalue weighted by Crippen LogP contribution is -2.21. The SMILES string of the molecule is Cc1cc(N(C)c2ncnc3ccc(-c4ccc(CNCCS(C)(=O)=O)o4)cc23)ccc1OCc1cccc(F)c1. The van der Waals surface area contributed by atoms with Gasteiger partial charge in [0, 0.05) is 36.5 Å². The van der Waals surface area contributed by atoms with E-state index in [4.69, 9.17) is 9.15 Å². The number of aryl methyl sites for hydroxylation is 1. The average molecular weight is 575 g/mol. The number of sulfone groups is 1. The van der Waals surface area contributed by atoms with Gasteiger partial charge in [0.1, 0.15) is 51.7 Å². The second-order valence-electron chi connectivity index (χ2n) is 9.93. The average Bonchev–Trinajstić information content (AvgIpc) is 3.42. The van der Waals surface area contributed by atoms with Gasteiger partial charge in [0.05, 0.1) is 17.8 Å². The van der Waals surface area contributed by atoms with Crippen LogP contribution in [0.4, 0.5) is 15.9 Å². The van der Waals surface area contributed by atoms with Crippen LogP contribution in [0.2, 0.25) is 0 Å². The van der Waals surface area contributed by atoms with Gasteiger partial charge >= 0.3 is 0 Å². The third-order valence-electron chi connectivity index (χ3n) is 6.66. The molecule has 8 nitrogen and oxygen atoms in total. The van der Waals surface area contributed by atoms with E-state index in [1.165, 1.54) is 18.4 Å². The summed E-state index contributed by atoms with van der Waals surface area (Å²) < 4.78 is 48.1. The van der Waals surface area contributed by atoms with Gasteiger partial charge in [-0.25, -0.2) is 22.8 Å². The molecule has 0 aliphatic heterocycles. The predicted octanol–water partition coefficient (Wildman–Crippen LogP) is 5.82. The van der Waals surface area contributed by atoms with Crippen LogP contribution in [0.5, 0.6) is 5.75 Å². The third-order valence-corrected chi connectivity index (χ3v) is 7.60. The molecule has 5 rings (SSSR count). The van der Waals surface area contributed by atoms with Gasteiger partial charge in [-0.2, -0.15) is 0 Å². The first-order valence-corrected chi connectivity index (χ1v) is 15.2. The third kappa shape index (κ3) is 7.08. The molecule has 0 aliphatic rings. The van der Waals surface area contributed by atoms with E-state index in [1.54, 1.807) is 12.4 Å². The fourth-order valence-corrected chi connectivity index (χ4v) is 4.99. The number of rotatable bonds is 11. The summed E-state index contributed by atoms with van der Waals surface area (Å²) in [6.07, 6.45) is 2.76. The number of fused-ring (bicyclic) bond motifs is 1. The van der Waals surface area contributed by atoms with Crippen LogP contribution in [-0.2, 0) is 23.0 Å². The molecular formula is C31H31FN4O4S. The van der Waals surface area contributed by atoms with E-state index in [1.807, 2.05) is 73.5 Å². The number of hydrogen-bond donors (Lipinski definition) is 1. The summed E-state index contributed by atoms with van der Waals surface area (Å²) in [5.74, 6) is 2.66. The fraction of sp³-hybridized carbons (Fsp3) is 0.226. The molecule has 0 radical (unpaired) electrons. The van der Waals surface area contributed by atoms with Crippen molar-refractivity contribution in [1.29, 1.82) is 0 Å². The molecule has 0 atom stereocenters. The van der Waals surface area contributed by atoms with Crippen LogP contribution in [-0.4, -0.2) is 44.0 Å². The van der Waals surface area contributed by atoms with E-state index in [2.05, 4.69) is 15.3 Å². The molecule has 1 N–H and O–H groups in total. The van der Waals surface area contributed by atoms with E-state index >= 15 is 0 Å². The maximum absolute atomic E-state index is 13.5. The predicted molar refractivity (Wildman–Crippen MR) is 159 cm³/mol. The molecule has 212 valence electrons. The molecule has 2 aromatic heterocycles. The Morgan fingerprint density at radius 2 is 1.88 bits per heavy atom. The van der Waals surface area contributed by atoms with Crippen molar-refractivity contribution in [2.45, 2.75) is 20.1 Å². The van der Waals surface area contributed by atoms with Crippen LogP contribution < -0.4 is 15.0 Å². The largest absolute Gasteiger partial charge is 0.489 e. The lowest BCUT2D eigenvalue weighted by atomic mass is 10.1. The van der Waals surface area contributed by atoms with Crippen molar-refractivity contribution in [3.8, 4) is 17.1 Å². The first kappa shape index (κ1) is 28.3. The number of anilines is 2. The Balaban J connectivity index is 1.33. The molecule has 41 heavy (non-hydrogen) atoms. The van der Waals surface area contributed by atoms with Crippen molar-refractivity contribution in [2.24, 2.45) is 0 Å². The van der Waals surface area contributed by atoms with Crippen LogP contribution in [0.3, 0.4) is 0 Å². The van der Waals surface area contributed by atoms with E-state index in [0.717, 1.165) is 44.8 Å². The molecule has 3 aromatic carbocycles. The highest BCUT2D eigenvalue weighted by atomic mass is 32.2. The van der Waals surface area contributed by atoms with Crippen LogP contribution in [0.15, 0.2) is 83.5 Å². The highest BCUT2D eigenvalue weighted by Gasteiger charge is 2.15. The van der Waals surface area contributed by atoms with Crippen LogP contribution in [0.25, 0.3) is 22.2 Å². The molecule has 2 heterocycles. The summed E-state index contributed by atoms with van der Waals surface area (Å²) in [5, 5.41) is 3.96. The summed E-state index contributed by atoms with van der Waals surface area (Å²) in [6.45, 7) is 3.04. The number of nitrogens with one attached hydrogen (secondary N) is 1. The molecule has 0 saturated carbocycles. The van der Waals surface area contributed by atoms with Crippen LogP contribution in [0.1, 0.15) is 16.9 Å². The van der Waals surface area contributed by atoms with Gasteiger partial charge in [-0.3, -0.25) is 0 Å². The lowest BCUT2D eigenvalue weighted by molar-refractivity contribution is 0.303. The Kier molecular flexibility index (Phi) is 8.32. The summed E-state index contributed by atoms with van der Waals surface area (Å²) in [5.41, 5.74) is 4.30. The zero-order chi connectivity index (χ0) is 29.0. The summed E-state index contributed by atoms with van der Waals surface area (Å²) >= 11 is 0. The van der Waals surface area contributed by atoms with E-state index in [9.17, 15) is 12.8 Å². The Morgan fingerprint density at radius 1 is 1.02 bits per heavy atom. The normalized spacial score (nSPS) is 11.6. The van der Waals surface area contributed by atoms with Crippen molar-refractivity contribution in [1.82, 2.24) is 15.3 Å². The Morgan fingerprint density at radius 3 is 2.66 bits per heavy atom. The highest BCUT2D eigenvalue weighted by molar-refractivity contribution is 7.90. The summed E-state index contributed by atoms with van der Waals surface area (Å²) in [4.78, 5) is 11.0. The minimum absolute atomic E-state index is 0.0751. The van der Waals surface area contributed by atoms with Gasteiger partial charge < -0.3 is 19.4 Å². The number of nitrogens with zero attached hydrogens (tertiary/aromatic N) is 3. The van der Waals surface area contributed by atoms with Gasteiger partial charge in [-0.15, -0.1) is 0 Å². The molecule has 5 aromatic rings. The Hall–Kier alpha value is -4.28.